The number of esters is 1. The molecule has 1 aliphatic rings. The Bertz CT molecular complexity index is 715. The van der Waals surface area contributed by atoms with E-state index in [1.54, 1.807) is 6.08 Å². The molecule has 0 spiro atoms. The molecule has 1 aliphatic heterocycles. The first-order valence-corrected chi connectivity index (χ1v) is 6.99. The van der Waals surface area contributed by atoms with Gasteiger partial charge in [0.1, 0.15) is 5.76 Å². The fourth-order valence-corrected chi connectivity index (χ4v) is 2.39. The van der Waals surface area contributed by atoms with E-state index in [1.165, 1.54) is 0 Å². The third kappa shape index (κ3) is 2.58. The van der Waals surface area contributed by atoms with Gasteiger partial charge in [0.05, 0.1) is 5.57 Å². The SMILES string of the molecule is O=C1OC(c2ccccc2)=CC1=Cc1ccccc1Br. The van der Waals surface area contributed by atoms with Crippen LogP contribution in [0.1, 0.15) is 11.1 Å². The molecule has 0 fully saturated rings. The summed E-state index contributed by atoms with van der Waals surface area (Å²) < 4.78 is 6.26. The Morgan fingerprint density at radius 3 is 2.40 bits per heavy atom. The van der Waals surface area contributed by atoms with Crippen molar-refractivity contribution in [3.63, 3.8) is 0 Å². The predicted molar refractivity (Wildman–Crippen MR) is 82.6 cm³/mol. The second kappa shape index (κ2) is 5.47. The van der Waals surface area contributed by atoms with Crippen molar-refractivity contribution in [2.45, 2.75) is 0 Å². The standard InChI is InChI=1S/C17H11BrO2/c18-15-9-5-4-8-13(15)10-14-11-16(20-17(14)19)12-6-2-1-3-7-12/h1-11H. The summed E-state index contributed by atoms with van der Waals surface area (Å²) in [5.41, 5.74) is 2.40. The molecule has 0 saturated heterocycles. The molecule has 2 aromatic carbocycles. The lowest BCUT2D eigenvalue weighted by Crippen LogP contribution is -1.97. The van der Waals surface area contributed by atoms with Crippen LogP contribution in [-0.4, -0.2) is 5.97 Å². The average Bonchev–Trinajstić information content (AvgIpc) is 2.84. The van der Waals surface area contributed by atoms with Gasteiger partial charge >= 0.3 is 5.97 Å². The highest BCUT2D eigenvalue weighted by atomic mass is 79.9. The molecule has 1 heterocycles. The largest absolute Gasteiger partial charge is 0.422 e. The molecule has 2 aromatic rings. The molecular weight excluding hydrogens is 316 g/mol. The van der Waals surface area contributed by atoms with E-state index >= 15 is 0 Å². The van der Waals surface area contributed by atoms with E-state index in [0.717, 1.165) is 15.6 Å². The highest BCUT2D eigenvalue weighted by Gasteiger charge is 2.21. The van der Waals surface area contributed by atoms with E-state index in [1.807, 2.05) is 60.7 Å². The van der Waals surface area contributed by atoms with Gasteiger partial charge in [0.15, 0.2) is 0 Å². The van der Waals surface area contributed by atoms with Gasteiger partial charge in [-0.2, -0.15) is 0 Å². The van der Waals surface area contributed by atoms with Crippen LogP contribution in [0.25, 0.3) is 11.8 Å². The predicted octanol–water partition coefficient (Wildman–Crippen LogP) is 4.43. The van der Waals surface area contributed by atoms with Crippen molar-refractivity contribution in [1.29, 1.82) is 0 Å². The minimum absolute atomic E-state index is 0.320. The molecule has 0 N–H and O–H groups in total. The van der Waals surface area contributed by atoms with Crippen molar-refractivity contribution in [2.24, 2.45) is 0 Å². The maximum atomic E-state index is 11.9. The number of carbonyl (C=O) groups is 1. The van der Waals surface area contributed by atoms with E-state index in [-0.39, 0.29) is 5.97 Å². The molecule has 0 aromatic heterocycles. The molecule has 3 rings (SSSR count). The summed E-state index contributed by atoms with van der Waals surface area (Å²) in [5, 5.41) is 0. The molecule has 0 amide bonds. The lowest BCUT2D eigenvalue weighted by atomic mass is 10.1. The van der Waals surface area contributed by atoms with Crippen LogP contribution in [0.15, 0.2) is 70.7 Å². The maximum Gasteiger partial charge on any atom is 0.343 e. The maximum absolute atomic E-state index is 11.9. The average molecular weight is 327 g/mol. The minimum Gasteiger partial charge on any atom is -0.422 e. The van der Waals surface area contributed by atoms with Gasteiger partial charge in [-0.1, -0.05) is 64.5 Å². The molecule has 0 bridgehead atoms. The second-order valence-electron chi connectivity index (χ2n) is 4.39. The van der Waals surface area contributed by atoms with Gasteiger partial charge in [0.2, 0.25) is 0 Å². The van der Waals surface area contributed by atoms with Crippen LogP contribution in [0.2, 0.25) is 0 Å². The number of hydrogen-bond acceptors (Lipinski definition) is 2. The van der Waals surface area contributed by atoms with Crippen LogP contribution in [0, 0.1) is 0 Å². The van der Waals surface area contributed by atoms with Crippen LogP contribution in [0.4, 0.5) is 0 Å². The van der Waals surface area contributed by atoms with Crippen LogP contribution in [0.5, 0.6) is 0 Å². The molecule has 2 nitrogen and oxygen atoms in total. The Hall–Kier alpha value is -2.13. The summed E-state index contributed by atoms with van der Waals surface area (Å²) in [5.74, 6) is 0.272. The van der Waals surface area contributed by atoms with E-state index in [2.05, 4.69) is 15.9 Å². The molecule has 3 heteroatoms. The Morgan fingerprint density at radius 1 is 0.950 bits per heavy atom. The lowest BCUT2D eigenvalue weighted by Gasteiger charge is -2.00. The van der Waals surface area contributed by atoms with Crippen LogP contribution in [-0.2, 0) is 9.53 Å². The summed E-state index contributed by atoms with van der Waals surface area (Å²) in [6.45, 7) is 0. The normalized spacial score (nSPS) is 16.1. The Labute approximate surface area is 125 Å². The van der Waals surface area contributed by atoms with Crippen molar-refractivity contribution in [3.05, 3.63) is 81.8 Å². The molecule has 0 saturated carbocycles. The van der Waals surface area contributed by atoms with Crippen molar-refractivity contribution in [1.82, 2.24) is 0 Å². The van der Waals surface area contributed by atoms with Gasteiger partial charge in [-0.25, -0.2) is 4.79 Å². The first-order valence-electron chi connectivity index (χ1n) is 6.19. The van der Waals surface area contributed by atoms with Crippen LogP contribution >= 0.6 is 15.9 Å². The zero-order valence-electron chi connectivity index (χ0n) is 10.5. The van der Waals surface area contributed by atoms with Crippen molar-refractivity contribution in [2.75, 3.05) is 0 Å². The Morgan fingerprint density at radius 2 is 1.65 bits per heavy atom. The fourth-order valence-electron chi connectivity index (χ4n) is 1.99. The summed E-state index contributed by atoms with van der Waals surface area (Å²) in [6.07, 6.45) is 3.60. The highest BCUT2D eigenvalue weighted by Crippen LogP contribution is 2.28. The third-order valence-corrected chi connectivity index (χ3v) is 3.72. The topological polar surface area (TPSA) is 26.3 Å². The molecule has 0 aliphatic carbocycles. The second-order valence-corrected chi connectivity index (χ2v) is 5.24. The first-order chi connectivity index (χ1) is 9.74. The van der Waals surface area contributed by atoms with Crippen LogP contribution < -0.4 is 0 Å². The fraction of sp³-hybridized carbons (Fsp3) is 0. The summed E-state index contributed by atoms with van der Waals surface area (Å²) in [4.78, 5) is 11.9. The number of halogens is 1. The number of rotatable bonds is 2. The van der Waals surface area contributed by atoms with Crippen LogP contribution in [0.3, 0.4) is 0 Å². The van der Waals surface area contributed by atoms with Gasteiger partial charge < -0.3 is 4.74 Å². The van der Waals surface area contributed by atoms with Gasteiger partial charge in [-0.05, 0) is 23.8 Å². The Balaban J connectivity index is 1.97. The van der Waals surface area contributed by atoms with Gasteiger partial charge in [0, 0.05) is 10.0 Å². The van der Waals surface area contributed by atoms with Crippen molar-refractivity contribution >= 4 is 33.7 Å². The number of hydrogen-bond donors (Lipinski definition) is 0. The lowest BCUT2D eigenvalue weighted by molar-refractivity contribution is -0.130. The van der Waals surface area contributed by atoms with Crippen molar-refractivity contribution in [3.8, 4) is 0 Å². The smallest absolute Gasteiger partial charge is 0.343 e. The molecule has 0 atom stereocenters. The van der Waals surface area contributed by atoms with E-state index < -0.39 is 0 Å². The molecule has 20 heavy (non-hydrogen) atoms. The van der Waals surface area contributed by atoms with Gasteiger partial charge in [-0.3, -0.25) is 0 Å². The number of carbonyl (C=O) groups excluding carboxylic acids is 1. The monoisotopic (exact) mass is 326 g/mol. The van der Waals surface area contributed by atoms with E-state index in [0.29, 0.717) is 11.3 Å². The van der Waals surface area contributed by atoms with Gasteiger partial charge in [0.25, 0.3) is 0 Å². The molecule has 0 radical (unpaired) electrons. The highest BCUT2D eigenvalue weighted by molar-refractivity contribution is 9.10. The number of cyclic esters (lactones) is 1. The molecule has 0 unspecified atom stereocenters. The zero-order valence-corrected chi connectivity index (χ0v) is 12.1. The van der Waals surface area contributed by atoms with Crippen molar-refractivity contribution < 1.29 is 9.53 Å². The zero-order chi connectivity index (χ0) is 13.9. The minimum atomic E-state index is -0.320. The first kappa shape index (κ1) is 12.9. The molecule has 98 valence electrons. The summed E-state index contributed by atoms with van der Waals surface area (Å²) in [7, 11) is 0. The summed E-state index contributed by atoms with van der Waals surface area (Å²) >= 11 is 3.47. The van der Waals surface area contributed by atoms with Gasteiger partial charge in [-0.15, -0.1) is 0 Å². The van der Waals surface area contributed by atoms with E-state index in [4.69, 9.17) is 4.74 Å². The number of ether oxygens (including phenoxy) is 1. The quantitative estimate of drug-likeness (QED) is 0.602. The summed E-state index contributed by atoms with van der Waals surface area (Å²) in [6, 6.07) is 17.3. The Kier molecular flexibility index (Phi) is 3.52. The van der Waals surface area contributed by atoms with E-state index in [9.17, 15) is 4.79 Å². The third-order valence-electron chi connectivity index (χ3n) is 3.00. The number of benzene rings is 2. The molecular formula is C17H11BrO2.